The van der Waals surface area contributed by atoms with Gasteiger partial charge in [-0.3, -0.25) is 4.79 Å². The molecule has 0 unspecified atom stereocenters. The van der Waals surface area contributed by atoms with Crippen molar-refractivity contribution >= 4 is 11.7 Å². The summed E-state index contributed by atoms with van der Waals surface area (Å²) in [5.74, 6) is 2.00. The van der Waals surface area contributed by atoms with E-state index in [0.29, 0.717) is 23.6 Å². The van der Waals surface area contributed by atoms with E-state index in [1.807, 2.05) is 13.0 Å². The monoisotopic (exact) mass is 384 g/mol. The Balaban J connectivity index is 1.46. The van der Waals surface area contributed by atoms with Crippen molar-refractivity contribution in [1.29, 1.82) is 0 Å². The number of piperidine rings is 1. The van der Waals surface area contributed by atoms with Crippen molar-refractivity contribution in [3.05, 3.63) is 40.7 Å². The second-order valence-corrected chi connectivity index (χ2v) is 7.04. The summed E-state index contributed by atoms with van der Waals surface area (Å²) in [5.41, 5.74) is 2.81. The van der Waals surface area contributed by atoms with Crippen molar-refractivity contribution in [3.63, 3.8) is 0 Å². The van der Waals surface area contributed by atoms with Gasteiger partial charge in [-0.1, -0.05) is 0 Å². The van der Waals surface area contributed by atoms with Gasteiger partial charge < -0.3 is 24.8 Å². The molecule has 0 saturated carbocycles. The van der Waals surface area contributed by atoms with E-state index in [0.717, 1.165) is 48.8 Å². The van der Waals surface area contributed by atoms with Gasteiger partial charge in [0.15, 0.2) is 0 Å². The Kier molecular flexibility index (Phi) is 5.04. The predicted octanol–water partition coefficient (Wildman–Crippen LogP) is 1.58. The van der Waals surface area contributed by atoms with E-state index in [9.17, 15) is 9.90 Å². The van der Waals surface area contributed by atoms with Crippen LogP contribution in [0.4, 0.5) is 5.82 Å². The standard InChI is InChI=1S/C20H24N4O4/c1-12-15(11-25)18-16(10-22-20(18)26)23-19(12)24-7-5-13(6-8-24)28-14-3-4-17(27-2)21-9-14/h3-4,9,13,25H,5-8,10-11H2,1-2H3,(H,22,26). The van der Waals surface area contributed by atoms with E-state index in [1.54, 1.807) is 19.4 Å². The van der Waals surface area contributed by atoms with Crippen molar-refractivity contribution in [2.24, 2.45) is 0 Å². The lowest BCUT2D eigenvalue weighted by atomic mass is 10.0. The Hall–Kier alpha value is -2.87. The van der Waals surface area contributed by atoms with Crippen molar-refractivity contribution in [3.8, 4) is 11.6 Å². The number of amides is 1. The number of hydrogen-bond donors (Lipinski definition) is 2. The first-order valence-corrected chi connectivity index (χ1v) is 9.43. The number of hydrogen-bond acceptors (Lipinski definition) is 7. The minimum atomic E-state index is -0.166. The van der Waals surface area contributed by atoms with Gasteiger partial charge >= 0.3 is 0 Å². The fraction of sp³-hybridized carbons (Fsp3) is 0.450. The Labute approximate surface area is 163 Å². The van der Waals surface area contributed by atoms with Gasteiger partial charge in [0.1, 0.15) is 17.7 Å². The number of methoxy groups -OCH3 is 1. The molecule has 1 saturated heterocycles. The molecule has 2 aromatic rings. The molecular weight excluding hydrogens is 360 g/mol. The molecule has 1 fully saturated rings. The van der Waals surface area contributed by atoms with Crippen LogP contribution >= 0.6 is 0 Å². The van der Waals surface area contributed by atoms with Crippen molar-refractivity contribution in [1.82, 2.24) is 15.3 Å². The average Bonchev–Trinajstić information content (AvgIpc) is 3.09. The number of nitrogens with one attached hydrogen (secondary N) is 1. The zero-order valence-corrected chi connectivity index (χ0v) is 16.1. The molecular formula is C20H24N4O4. The molecule has 28 heavy (non-hydrogen) atoms. The number of ether oxygens (including phenoxy) is 2. The Morgan fingerprint density at radius 3 is 2.75 bits per heavy atom. The maximum absolute atomic E-state index is 12.0. The van der Waals surface area contributed by atoms with Crippen LogP contribution in [0.25, 0.3) is 0 Å². The third-order valence-corrected chi connectivity index (χ3v) is 5.38. The van der Waals surface area contributed by atoms with Crippen LogP contribution in [-0.2, 0) is 13.2 Å². The summed E-state index contributed by atoms with van der Waals surface area (Å²) in [5, 5.41) is 12.6. The molecule has 8 nitrogen and oxygen atoms in total. The van der Waals surface area contributed by atoms with Crippen LogP contribution in [0, 0.1) is 6.92 Å². The largest absolute Gasteiger partial charge is 0.489 e. The third kappa shape index (κ3) is 3.35. The number of carbonyl (C=O) groups excluding carboxylic acids is 1. The van der Waals surface area contributed by atoms with Crippen LogP contribution in [0.15, 0.2) is 18.3 Å². The number of rotatable bonds is 5. The van der Waals surface area contributed by atoms with Gasteiger partial charge in [0.2, 0.25) is 5.88 Å². The minimum absolute atomic E-state index is 0.113. The number of nitrogens with zero attached hydrogens (tertiary/aromatic N) is 3. The van der Waals surface area contributed by atoms with Crippen molar-refractivity contribution in [2.45, 2.75) is 39.0 Å². The lowest BCUT2D eigenvalue weighted by molar-refractivity contribution is 0.0963. The normalized spacial score (nSPS) is 16.7. The first-order valence-electron chi connectivity index (χ1n) is 9.43. The molecule has 0 aliphatic carbocycles. The van der Waals surface area contributed by atoms with Gasteiger partial charge in [-0.15, -0.1) is 0 Å². The number of fused-ring (bicyclic) bond motifs is 1. The highest BCUT2D eigenvalue weighted by molar-refractivity contribution is 6.00. The van der Waals surface area contributed by atoms with Crippen LogP contribution in [0.2, 0.25) is 0 Å². The number of aliphatic hydroxyl groups excluding tert-OH is 1. The highest BCUT2D eigenvalue weighted by atomic mass is 16.5. The minimum Gasteiger partial charge on any atom is -0.489 e. The molecule has 2 aliphatic heterocycles. The fourth-order valence-corrected chi connectivity index (χ4v) is 3.85. The van der Waals surface area contributed by atoms with Gasteiger partial charge in [-0.2, -0.15) is 0 Å². The Morgan fingerprint density at radius 2 is 2.11 bits per heavy atom. The van der Waals surface area contributed by atoms with Crippen molar-refractivity contribution < 1.29 is 19.4 Å². The summed E-state index contributed by atoms with van der Waals surface area (Å²) in [6.07, 6.45) is 3.50. The summed E-state index contributed by atoms with van der Waals surface area (Å²) in [4.78, 5) is 23.1. The summed E-state index contributed by atoms with van der Waals surface area (Å²) in [6, 6.07) is 3.65. The number of anilines is 1. The zero-order valence-electron chi connectivity index (χ0n) is 16.1. The number of carbonyl (C=O) groups is 1. The summed E-state index contributed by atoms with van der Waals surface area (Å²) in [7, 11) is 1.59. The lowest BCUT2D eigenvalue weighted by Crippen LogP contribution is -2.39. The molecule has 4 heterocycles. The van der Waals surface area contributed by atoms with E-state index in [1.165, 1.54) is 0 Å². The Morgan fingerprint density at radius 1 is 1.32 bits per heavy atom. The van der Waals surface area contributed by atoms with Gasteiger partial charge in [0, 0.05) is 32.0 Å². The second kappa shape index (κ2) is 7.63. The van der Waals surface area contributed by atoms with E-state index in [-0.39, 0.29) is 18.6 Å². The van der Waals surface area contributed by atoms with E-state index in [2.05, 4.69) is 15.2 Å². The average molecular weight is 384 g/mol. The molecule has 0 radical (unpaired) electrons. The van der Waals surface area contributed by atoms with Gasteiger partial charge in [0.05, 0.1) is 37.7 Å². The number of aliphatic hydroxyl groups is 1. The molecule has 8 heteroatoms. The van der Waals surface area contributed by atoms with Gasteiger partial charge in [0.25, 0.3) is 5.91 Å². The summed E-state index contributed by atoms with van der Waals surface area (Å²) in [6.45, 7) is 3.77. The maximum atomic E-state index is 12.0. The van der Waals surface area contributed by atoms with Crippen LogP contribution in [0.1, 0.15) is 40.0 Å². The quantitative estimate of drug-likeness (QED) is 0.808. The first-order chi connectivity index (χ1) is 13.6. The lowest BCUT2D eigenvalue weighted by Gasteiger charge is -2.34. The molecule has 0 atom stereocenters. The topological polar surface area (TPSA) is 96.8 Å². The molecule has 2 aromatic heterocycles. The molecule has 148 valence electrons. The molecule has 0 spiro atoms. The summed E-state index contributed by atoms with van der Waals surface area (Å²) >= 11 is 0. The van der Waals surface area contributed by atoms with E-state index < -0.39 is 0 Å². The smallest absolute Gasteiger partial charge is 0.253 e. The van der Waals surface area contributed by atoms with E-state index >= 15 is 0 Å². The highest BCUT2D eigenvalue weighted by Gasteiger charge is 2.30. The summed E-state index contributed by atoms with van der Waals surface area (Å²) < 4.78 is 11.1. The zero-order chi connectivity index (χ0) is 19.7. The number of pyridine rings is 2. The molecule has 0 aromatic carbocycles. The van der Waals surface area contributed by atoms with E-state index in [4.69, 9.17) is 14.5 Å². The molecule has 0 bridgehead atoms. The highest BCUT2D eigenvalue weighted by Crippen LogP contribution is 2.31. The second-order valence-electron chi connectivity index (χ2n) is 7.04. The third-order valence-electron chi connectivity index (χ3n) is 5.38. The number of aromatic nitrogens is 2. The van der Waals surface area contributed by atoms with Gasteiger partial charge in [-0.05, 0) is 24.1 Å². The molecule has 4 rings (SSSR count). The first kappa shape index (κ1) is 18.5. The van der Waals surface area contributed by atoms with Crippen LogP contribution < -0.4 is 19.7 Å². The van der Waals surface area contributed by atoms with Crippen LogP contribution in [0.5, 0.6) is 11.6 Å². The predicted molar refractivity (Wildman–Crippen MR) is 103 cm³/mol. The molecule has 2 N–H and O–H groups in total. The maximum Gasteiger partial charge on any atom is 0.253 e. The SMILES string of the molecule is COc1ccc(OC2CCN(c3nc4c(c(CO)c3C)C(=O)NC4)CC2)cn1. The molecule has 2 aliphatic rings. The van der Waals surface area contributed by atoms with Crippen LogP contribution in [0.3, 0.4) is 0 Å². The van der Waals surface area contributed by atoms with Crippen LogP contribution in [-0.4, -0.2) is 47.3 Å². The fourth-order valence-electron chi connectivity index (χ4n) is 3.85. The van der Waals surface area contributed by atoms with Crippen molar-refractivity contribution in [2.75, 3.05) is 25.1 Å². The molecule has 1 amide bonds. The Bertz CT molecular complexity index is 877. The van der Waals surface area contributed by atoms with Gasteiger partial charge in [-0.25, -0.2) is 9.97 Å².